The van der Waals surface area contributed by atoms with Crippen molar-refractivity contribution in [3.63, 3.8) is 0 Å². The zero-order valence-corrected chi connectivity index (χ0v) is 12.8. The number of nitrogens with one attached hydrogen (secondary N) is 2. The third-order valence-corrected chi connectivity index (χ3v) is 5.28. The first-order valence-electron chi connectivity index (χ1n) is 8.55. The molecule has 5 heteroatoms. The number of fused-ring (bicyclic) bond motifs is 1. The van der Waals surface area contributed by atoms with Gasteiger partial charge in [0.05, 0.1) is 6.04 Å². The number of hydrogen-bond acceptors (Lipinski definition) is 3. The lowest BCUT2D eigenvalue weighted by atomic mass is 9.85. The van der Waals surface area contributed by atoms with Gasteiger partial charge in [-0.3, -0.25) is 9.59 Å². The van der Waals surface area contributed by atoms with Crippen LogP contribution in [0, 0.1) is 5.92 Å². The molecular formula is C16H27N3O2. The van der Waals surface area contributed by atoms with Crippen LogP contribution in [0.1, 0.15) is 51.4 Å². The fourth-order valence-corrected chi connectivity index (χ4v) is 4.06. The third kappa shape index (κ3) is 3.57. The molecule has 2 amide bonds. The lowest BCUT2D eigenvalue weighted by Crippen LogP contribution is -2.44. The minimum atomic E-state index is -0.0417. The Hall–Kier alpha value is -1.10. The molecule has 3 aliphatic rings. The van der Waals surface area contributed by atoms with Crippen LogP contribution >= 0.6 is 0 Å². The number of hydrogen-bond donors (Lipinski definition) is 2. The van der Waals surface area contributed by atoms with Crippen LogP contribution in [0.15, 0.2) is 0 Å². The number of carbonyl (C=O) groups excluding carboxylic acids is 2. The van der Waals surface area contributed by atoms with Gasteiger partial charge in [-0.1, -0.05) is 12.8 Å². The van der Waals surface area contributed by atoms with E-state index in [1.165, 1.54) is 25.7 Å². The van der Waals surface area contributed by atoms with Crippen molar-refractivity contribution >= 4 is 11.8 Å². The lowest BCUT2D eigenvalue weighted by molar-refractivity contribution is -0.130. The molecule has 5 nitrogen and oxygen atoms in total. The van der Waals surface area contributed by atoms with Gasteiger partial charge in [-0.15, -0.1) is 0 Å². The minimum absolute atomic E-state index is 0.0417. The molecule has 0 spiro atoms. The summed E-state index contributed by atoms with van der Waals surface area (Å²) in [5, 5.41) is 6.42. The van der Waals surface area contributed by atoms with E-state index in [1.807, 2.05) is 4.90 Å². The number of amides is 2. The lowest BCUT2D eigenvalue weighted by Gasteiger charge is -2.24. The standard InChI is InChI=1S/C16H27N3O2/c20-15(19-9-3-4-10-19)7-8-17-16(21)14-11-12-5-1-2-6-13(12)18-14/h12-14,18H,1-11H2,(H,17,21). The Morgan fingerprint density at radius 3 is 2.62 bits per heavy atom. The molecule has 118 valence electrons. The van der Waals surface area contributed by atoms with Crippen molar-refractivity contribution in [2.45, 2.75) is 63.5 Å². The molecule has 1 saturated carbocycles. The predicted octanol–water partition coefficient (Wildman–Crippen LogP) is 1.04. The van der Waals surface area contributed by atoms with Crippen LogP contribution in [0.3, 0.4) is 0 Å². The van der Waals surface area contributed by atoms with Crippen LogP contribution in [-0.4, -0.2) is 48.4 Å². The Morgan fingerprint density at radius 2 is 1.86 bits per heavy atom. The monoisotopic (exact) mass is 293 g/mol. The minimum Gasteiger partial charge on any atom is -0.354 e. The molecule has 2 N–H and O–H groups in total. The van der Waals surface area contributed by atoms with E-state index in [1.54, 1.807) is 0 Å². The Kier molecular flexibility index (Phi) is 4.78. The number of nitrogens with zero attached hydrogens (tertiary/aromatic N) is 1. The zero-order chi connectivity index (χ0) is 14.7. The molecule has 1 aliphatic carbocycles. The van der Waals surface area contributed by atoms with E-state index in [-0.39, 0.29) is 17.9 Å². The quantitative estimate of drug-likeness (QED) is 0.814. The highest BCUT2D eigenvalue weighted by molar-refractivity contribution is 5.83. The summed E-state index contributed by atoms with van der Waals surface area (Å²) < 4.78 is 0. The fraction of sp³-hybridized carbons (Fsp3) is 0.875. The highest BCUT2D eigenvalue weighted by atomic mass is 16.2. The first-order valence-corrected chi connectivity index (χ1v) is 8.55. The smallest absolute Gasteiger partial charge is 0.237 e. The highest BCUT2D eigenvalue weighted by Crippen LogP contribution is 2.33. The van der Waals surface area contributed by atoms with Crippen LogP contribution in [0.2, 0.25) is 0 Å². The second-order valence-corrected chi connectivity index (χ2v) is 6.73. The molecule has 2 saturated heterocycles. The highest BCUT2D eigenvalue weighted by Gasteiger charge is 2.38. The van der Waals surface area contributed by atoms with Crippen LogP contribution < -0.4 is 10.6 Å². The average molecular weight is 293 g/mol. The Labute approximate surface area is 126 Å². The Bertz CT molecular complexity index is 379. The van der Waals surface area contributed by atoms with Crippen molar-refractivity contribution in [2.75, 3.05) is 19.6 Å². The van der Waals surface area contributed by atoms with Gasteiger partial charge in [0, 0.05) is 32.1 Å². The molecule has 2 aliphatic heterocycles. The second-order valence-electron chi connectivity index (χ2n) is 6.73. The largest absolute Gasteiger partial charge is 0.354 e. The summed E-state index contributed by atoms with van der Waals surface area (Å²) in [7, 11) is 0. The van der Waals surface area contributed by atoms with Gasteiger partial charge in [0.1, 0.15) is 0 Å². The summed E-state index contributed by atoms with van der Waals surface area (Å²) in [6.07, 6.45) is 8.70. The fourth-order valence-electron chi connectivity index (χ4n) is 4.06. The van der Waals surface area contributed by atoms with E-state index in [4.69, 9.17) is 0 Å². The number of carbonyl (C=O) groups is 2. The van der Waals surface area contributed by atoms with Gasteiger partial charge in [-0.25, -0.2) is 0 Å². The maximum atomic E-state index is 12.2. The molecular weight excluding hydrogens is 266 g/mol. The van der Waals surface area contributed by atoms with E-state index in [0.717, 1.165) is 32.4 Å². The third-order valence-electron chi connectivity index (χ3n) is 5.28. The Morgan fingerprint density at radius 1 is 1.10 bits per heavy atom. The molecule has 3 atom stereocenters. The van der Waals surface area contributed by atoms with Crippen molar-refractivity contribution < 1.29 is 9.59 Å². The maximum Gasteiger partial charge on any atom is 0.237 e. The van der Waals surface area contributed by atoms with Crippen molar-refractivity contribution in [1.82, 2.24) is 15.5 Å². The first kappa shape index (κ1) is 14.8. The molecule has 0 aromatic rings. The van der Waals surface area contributed by atoms with Gasteiger partial charge < -0.3 is 15.5 Å². The van der Waals surface area contributed by atoms with Crippen LogP contribution in [0.5, 0.6) is 0 Å². The normalized spacial score (nSPS) is 32.0. The average Bonchev–Trinajstić information content (AvgIpc) is 3.16. The van der Waals surface area contributed by atoms with Gasteiger partial charge in [0.25, 0.3) is 0 Å². The molecule has 2 heterocycles. The van der Waals surface area contributed by atoms with E-state index >= 15 is 0 Å². The van der Waals surface area contributed by atoms with Gasteiger partial charge >= 0.3 is 0 Å². The van der Waals surface area contributed by atoms with Crippen LogP contribution in [0.25, 0.3) is 0 Å². The molecule has 0 aromatic heterocycles. The summed E-state index contributed by atoms with van der Waals surface area (Å²) in [4.78, 5) is 26.0. The topological polar surface area (TPSA) is 61.4 Å². The molecule has 0 aromatic carbocycles. The van der Waals surface area contributed by atoms with Gasteiger partial charge in [-0.05, 0) is 38.0 Å². The summed E-state index contributed by atoms with van der Waals surface area (Å²) in [6, 6.07) is 0.501. The van der Waals surface area contributed by atoms with Crippen molar-refractivity contribution in [3.8, 4) is 0 Å². The zero-order valence-electron chi connectivity index (χ0n) is 12.8. The second kappa shape index (κ2) is 6.77. The summed E-state index contributed by atoms with van der Waals surface area (Å²) in [5.41, 5.74) is 0. The van der Waals surface area contributed by atoms with Gasteiger partial charge in [0.15, 0.2) is 0 Å². The molecule has 21 heavy (non-hydrogen) atoms. The predicted molar refractivity (Wildman–Crippen MR) is 80.7 cm³/mol. The van der Waals surface area contributed by atoms with Crippen LogP contribution in [-0.2, 0) is 9.59 Å². The molecule has 0 radical (unpaired) electrons. The van der Waals surface area contributed by atoms with E-state index in [0.29, 0.717) is 24.9 Å². The van der Waals surface area contributed by atoms with Crippen molar-refractivity contribution in [1.29, 1.82) is 0 Å². The Balaban J connectivity index is 1.37. The number of likely N-dealkylation sites (tertiary alicyclic amines) is 1. The van der Waals surface area contributed by atoms with E-state index in [2.05, 4.69) is 10.6 Å². The molecule has 0 bridgehead atoms. The number of rotatable bonds is 4. The van der Waals surface area contributed by atoms with E-state index in [9.17, 15) is 9.59 Å². The summed E-state index contributed by atoms with van der Waals surface area (Å²) in [5.74, 6) is 0.945. The van der Waals surface area contributed by atoms with Gasteiger partial charge in [0.2, 0.25) is 11.8 Å². The van der Waals surface area contributed by atoms with Gasteiger partial charge in [-0.2, -0.15) is 0 Å². The maximum absolute atomic E-state index is 12.2. The summed E-state index contributed by atoms with van der Waals surface area (Å²) >= 11 is 0. The molecule has 3 unspecified atom stereocenters. The summed E-state index contributed by atoms with van der Waals surface area (Å²) in [6.45, 7) is 2.25. The van der Waals surface area contributed by atoms with Crippen molar-refractivity contribution in [3.05, 3.63) is 0 Å². The SMILES string of the molecule is O=C(NCCC(=O)N1CCCC1)C1CC2CCCCC2N1. The van der Waals surface area contributed by atoms with Crippen LogP contribution in [0.4, 0.5) is 0 Å². The molecule has 3 fully saturated rings. The van der Waals surface area contributed by atoms with Crippen molar-refractivity contribution in [2.24, 2.45) is 5.92 Å². The van der Waals surface area contributed by atoms with E-state index < -0.39 is 0 Å². The molecule has 3 rings (SSSR count). The first-order chi connectivity index (χ1) is 10.2.